The van der Waals surface area contributed by atoms with Gasteiger partial charge >= 0.3 is 0 Å². The zero-order chi connectivity index (χ0) is 12.3. The van der Waals surface area contributed by atoms with Crippen LogP contribution in [0.25, 0.3) is 0 Å². The SMILES string of the molecule is COC1CCC(OC(O)C(C)C)(C(C)C)C1. The molecule has 0 amide bonds. The highest BCUT2D eigenvalue weighted by Gasteiger charge is 2.44. The molecule has 3 heteroatoms. The van der Waals surface area contributed by atoms with Gasteiger partial charge in [0.05, 0.1) is 11.7 Å². The predicted octanol–water partition coefficient (Wildman–Crippen LogP) is 2.57. The fourth-order valence-electron chi connectivity index (χ4n) is 2.34. The standard InChI is InChI=1S/C13H26O3/c1-9(2)12(14)16-13(10(3)4)7-6-11(8-13)15-5/h9-12,14H,6-8H2,1-5H3. The number of methoxy groups -OCH3 is 1. The first-order valence-electron chi connectivity index (χ1n) is 6.30. The quantitative estimate of drug-likeness (QED) is 0.738. The van der Waals surface area contributed by atoms with Crippen molar-refractivity contribution in [3.63, 3.8) is 0 Å². The molecule has 0 aromatic rings. The Morgan fingerprint density at radius 1 is 1.25 bits per heavy atom. The van der Waals surface area contributed by atoms with Crippen molar-refractivity contribution in [1.29, 1.82) is 0 Å². The van der Waals surface area contributed by atoms with Crippen molar-refractivity contribution >= 4 is 0 Å². The first-order valence-corrected chi connectivity index (χ1v) is 6.30. The Kier molecular flexibility index (Phi) is 4.77. The highest BCUT2D eigenvalue weighted by Crippen LogP contribution is 2.41. The van der Waals surface area contributed by atoms with E-state index in [0.29, 0.717) is 5.92 Å². The van der Waals surface area contributed by atoms with Crippen LogP contribution < -0.4 is 0 Å². The van der Waals surface area contributed by atoms with Crippen molar-refractivity contribution in [1.82, 2.24) is 0 Å². The molecule has 0 radical (unpaired) electrons. The minimum atomic E-state index is -0.669. The highest BCUT2D eigenvalue weighted by molar-refractivity contribution is 4.94. The van der Waals surface area contributed by atoms with Crippen molar-refractivity contribution in [2.24, 2.45) is 11.8 Å². The van der Waals surface area contributed by atoms with Crippen LogP contribution in [-0.4, -0.2) is 30.2 Å². The second-order valence-corrected chi connectivity index (χ2v) is 5.57. The van der Waals surface area contributed by atoms with E-state index in [9.17, 15) is 5.11 Å². The minimum absolute atomic E-state index is 0.136. The first kappa shape index (κ1) is 13.9. The van der Waals surface area contributed by atoms with Crippen LogP contribution in [0.15, 0.2) is 0 Å². The van der Waals surface area contributed by atoms with E-state index in [4.69, 9.17) is 9.47 Å². The second kappa shape index (κ2) is 5.48. The fourth-order valence-corrected chi connectivity index (χ4v) is 2.34. The topological polar surface area (TPSA) is 38.7 Å². The summed E-state index contributed by atoms with van der Waals surface area (Å²) < 4.78 is 11.3. The first-order chi connectivity index (χ1) is 7.41. The van der Waals surface area contributed by atoms with E-state index >= 15 is 0 Å². The van der Waals surface area contributed by atoms with Gasteiger partial charge in [-0.3, -0.25) is 0 Å². The molecule has 1 aliphatic rings. The lowest BCUT2D eigenvalue weighted by Crippen LogP contribution is -2.41. The maximum Gasteiger partial charge on any atom is 0.157 e. The van der Waals surface area contributed by atoms with Crippen molar-refractivity contribution in [2.75, 3.05) is 7.11 Å². The Morgan fingerprint density at radius 3 is 2.25 bits per heavy atom. The van der Waals surface area contributed by atoms with E-state index in [-0.39, 0.29) is 17.6 Å². The van der Waals surface area contributed by atoms with Crippen LogP contribution >= 0.6 is 0 Å². The molecule has 0 aliphatic heterocycles. The number of hydrogen-bond acceptors (Lipinski definition) is 3. The van der Waals surface area contributed by atoms with E-state index in [1.165, 1.54) is 0 Å². The largest absolute Gasteiger partial charge is 0.381 e. The highest BCUT2D eigenvalue weighted by atomic mass is 16.6. The molecule has 96 valence electrons. The lowest BCUT2D eigenvalue weighted by Gasteiger charge is -2.37. The van der Waals surface area contributed by atoms with Crippen LogP contribution in [0.5, 0.6) is 0 Å². The normalized spacial score (nSPS) is 32.6. The molecule has 3 nitrogen and oxygen atoms in total. The predicted molar refractivity (Wildman–Crippen MR) is 64.1 cm³/mol. The summed E-state index contributed by atoms with van der Waals surface area (Å²) in [6, 6.07) is 0. The molecule has 3 unspecified atom stereocenters. The van der Waals surface area contributed by atoms with Gasteiger partial charge in [-0.2, -0.15) is 0 Å². The van der Waals surface area contributed by atoms with E-state index in [1.807, 2.05) is 13.8 Å². The number of aliphatic hydroxyl groups is 1. The van der Waals surface area contributed by atoms with Crippen molar-refractivity contribution in [2.45, 2.75) is 65.0 Å². The third-order valence-corrected chi connectivity index (χ3v) is 3.77. The summed E-state index contributed by atoms with van der Waals surface area (Å²) in [6.45, 7) is 8.26. The summed E-state index contributed by atoms with van der Waals surface area (Å²) >= 11 is 0. The minimum Gasteiger partial charge on any atom is -0.381 e. The molecule has 1 saturated carbocycles. The molecule has 1 N–H and O–H groups in total. The summed E-state index contributed by atoms with van der Waals surface area (Å²) in [6.07, 6.45) is 2.51. The molecule has 16 heavy (non-hydrogen) atoms. The number of ether oxygens (including phenoxy) is 2. The van der Waals surface area contributed by atoms with Gasteiger partial charge in [-0.05, 0) is 18.8 Å². The van der Waals surface area contributed by atoms with Gasteiger partial charge in [0, 0.05) is 19.4 Å². The molecule has 0 aromatic heterocycles. The van der Waals surface area contributed by atoms with Gasteiger partial charge in [0.15, 0.2) is 6.29 Å². The average Bonchev–Trinajstić information content (AvgIpc) is 2.62. The van der Waals surface area contributed by atoms with Crippen molar-refractivity contribution < 1.29 is 14.6 Å². The molecule has 0 heterocycles. The van der Waals surface area contributed by atoms with E-state index in [2.05, 4.69) is 13.8 Å². The van der Waals surface area contributed by atoms with Crippen LogP contribution in [0.1, 0.15) is 47.0 Å². The molecule has 1 fully saturated rings. The van der Waals surface area contributed by atoms with Gasteiger partial charge in [0.2, 0.25) is 0 Å². The zero-order valence-corrected chi connectivity index (χ0v) is 11.2. The van der Waals surface area contributed by atoms with Gasteiger partial charge in [-0.15, -0.1) is 0 Å². The maximum atomic E-state index is 9.90. The molecular weight excluding hydrogens is 204 g/mol. The van der Waals surface area contributed by atoms with Crippen LogP contribution in [0, 0.1) is 11.8 Å². The van der Waals surface area contributed by atoms with E-state index < -0.39 is 6.29 Å². The third kappa shape index (κ3) is 2.96. The van der Waals surface area contributed by atoms with Gasteiger partial charge in [0.25, 0.3) is 0 Å². The second-order valence-electron chi connectivity index (χ2n) is 5.57. The summed E-state index contributed by atoms with van der Waals surface area (Å²) in [5.41, 5.74) is -0.204. The molecular formula is C13H26O3. The molecule has 0 saturated heterocycles. The molecule has 1 rings (SSSR count). The third-order valence-electron chi connectivity index (χ3n) is 3.77. The maximum absolute atomic E-state index is 9.90. The Morgan fingerprint density at radius 2 is 1.88 bits per heavy atom. The summed E-state index contributed by atoms with van der Waals surface area (Å²) in [5.74, 6) is 0.540. The molecule has 0 bridgehead atoms. The summed E-state index contributed by atoms with van der Waals surface area (Å²) in [7, 11) is 1.75. The lowest BCUT2D eigenvalue weighted by atomic mass is 9.88. The van der Waals surface area contributed by atoms with Crippen LogP contribution in [0.2, 0.25) is 0 Å². The van der Waals surface area contributed by atoms with Gasteiger partial charge in [0.1, 0.15) is 0 Å². The Labute approximate surface area is 99.1 Å². The monoisotopic (exact) mass is 230 g/mol. The fraction of sp³-hybridized carbons (Fsp3) is 1.00. The number of aliphatic hydroxyl groups excluding tert-OH is 1. The lowest BCUT2D eigenvalue weighted by molar-refractivity contribution is -0.219. The average molecular weight is 230 g/mol. The van der Waals surface area contributed by atoms with Crippen LogP contribution in [0.3, 0.4) is 0 Å². The van der Waals surface area contributed by atoms with Gasteiger partial charge < -0.3 is 14.6 Å². The Balaban J connectivity index is 2.68. The van der Waals surface area contributed by atoms with Crippen molar-refractivity contribution in [3.05, 3.63) is 0 Å². The molecule has 1 aliphatic carbocycles. The summed E-state index contributed by atoms with van der Waals surface area (Å²) in [4.78, 5) is 0. The Hall–Kier alpha value is -0.120. The Bertz CT molecular complexity index is 215. The van der Waals surface area contributed by atoms with E-state index in [1.54, 1.807) is 7.11 Å². The van der Waals surface area contributed by atoms with E-state index in [0.717, 1.165) is 19.3 Å². The van der Waals surface area contributed by atoms with Crippen LogP contribution in [-0.2, 0) is 9.47 Å². The zero-order valence-electron chi connectivity index (χ0n) is 11.2. The van der Waals surface area contributed by atoms with Gasteiger partial charge in [-0.25, -0.2) is 0 Å². The van der Waals surface area contributed by atoms with Crippen LogP contribution in [0.4, 0.5) is 0 Å². The number of hydrogen-bond donors (Lipinski definition) is 1. The summed E-state index contributed by atoms with van der Waals surface area (Å²) in [5, 5.41) is 9.90. The molecule has 0 aromatic carbocycles. The van der Waals surface area contributed by atoms with Gasteiger partial charge in [-0.1, -0.05) is 27.7 Å². The molecule has 3 atom stereocenters. The number of rotatable bonds is 5. The molecule has 0 spiro atoms. The van der Waals surface area contributed by atoms with Crippen molar-refractivity contribution in [3.8, 4) is 0 Å². The smallest absolute Gasteiger partial charge is 0.157 e.